The number of likely N-dealkylation sites (N-methyl/N-ethyl adjacent to an activating group) is 1. The van der Waals surface area contributed by atoms with E-state index >= 15 is 0 Å². The summed E-state index contributed by atoms with van der Waals surface area (Å²) in [7, 11) is 4.17. The van der Waals surface area contributed by atoms with Gasteiger partial charge in [-0.15, -0.1) is 0 Å². The number of piperazine rings is 1. The third kappa shape index (κ3) is 3.65. The van der Waals surface area contributed by atoms with Crippen LogP contribution < -0.4 is 5.32 Å². The molecule has 130 valence electrons. The first-order valence-electron chi connectivity index (χ1n) is 8.93. The Bertz CT molecular complexity index is 515. The van der Waals surface area contributed by atoms with Crippen molar-refractivity contribution >= 4 is 15.9 Å². The molecule has 1 saturated heterocycles. The van der Waals surface area contributed by atoms with Crippen LogP contribution in [0.3, 0.4) is 0 Å². The molecule has 1 saturated carbocycles. The Balaban J connectivity index is 1.70. The highest BCUT2D eigenvalue weighted by atomic mass is 79.9. The normalized spacial score (nSPS) is 22.8. The molecule has 1 atom stereocenters. The quantitative estimate of drug-likeness (QED) is 0.846. The SMILES string of the molecule is CNCC(c1c(Br)nc(C)n1C)N1CCN(C2CCCC2)CC1. The first-order chi connectivity index (χ1) is 11.1. The van der Waals surface area contributed by atoms with E-state index in [1.54, 1.807) is 0 Å². The van der Waals surface area contributed by atoms with Crippen molar-refractivity contribution in [1.29, 1.82) is 0 Å². The van der Waals surface area contributed by atoms with Crippen LogP contribution in [0.15, 0.2) is 4.60 Å². The summed E-state index contributed by atoms with van der Waals surface area (Å²) in [5.41, 5.74) is 1.30. The van der Waals surface area contributed by atoms with Crippen molar-refractivity contribution in [3.63, 3.8) is 0 Å². The van der Waals surface area contributed by atoms with Gasteiger partial charge < -0.3 is 9.88 Å². The third-order valence-electron chi connectivity index (χ3n) is 5.66. The zero-order chi connectivity index (χ0) is 16.4. The number of nitrogens with one attached hydrogen (secondary N) is 1. The Labute approximate surface area is 148 Å². The summed E-state index contributed by atoms with van der Waals surface area (Å²) in [6.07, 6.45) is 5.67. The molecule has 1 aliphatic carbocycles. The summed E-state index contributed by atoms with van der Waals surface area (Å²) in [6.45, 7) is 7.75. The molecule has 1 aliphatic heterocycles. The fourth-order valence-electron chi connectivity index (χ4n) is 4.22. The van der Waals surface area contributed by atoms with Gasteiger partial charge in [-0.25, -0.2) is 4.98 Å². The van der Waals surface area contributed by atoms with Gasteiger partial charge in [0, 0.05) is 45.8 Å². The molecule has 3 rings (SSSR count). The molecule has 0 aromatic carbocycles. The van der Waals surface area contributed by atoms with E-state index in [1.807, 2.05) is 7.05 Å². The third-order valence-corrected chi connectivity index (χ3v) is 6.25. The summed E-state index contributed by atoms with van der Waals surface area (Å²) < 4.78 is 3.23. The molecule has 0 amide bonds. The average Bonchev–Trinajstić information content (AvgIpc) is 3.16. The van der Waals surface area contributed by atoms with Crippen LogP contribution in [0.2, 0.25) is 0 Å². The van der Waals surface area contributed by atoms with Crippen LogP contribution >= 0.6 is 15.9 Å². The van der Waals surface area contributed by atoms with Gasteiger partial charge in [-0.2, -0.15) is 0 Å². The van der Waals surface area contributed by atoms with Gasteiger partial charge in [0.15, 0.2) is 0 Å². The van der Waals surface area contributed by atoms with Gasteiger partial charge in [0.25, 0.3) is 0 Å². The summed E-state index contributed by atoms with van der Waals surface area (Å²) in [5, 5.41) is 3.38. The fraction of sp³-hybridized carbons (Fsp3) is 0.824. The van der Waals surface area contributed by atoms with E-state index in [0.717, 1.165) is 36.1 Å². The van der Waals surface area contributed by atoms with Crippen molar-refractivity contribution in [2.45, 2.75) is 44.7 Å². The molecule has 5 nitrogen and oxygen atoms in total. The van der Waals surface area contributed by atoms with Crippen molar-refractivity contribution in [1.82, 2.24) is 24.7 Å². The second-order valence-electron chi connectivity index (χ2n) is 6.98. The molecule has 6 heteroatoms. The van der Waals surface area contributed by atoms with Gasteiger partial charge in [-0.1, -0.05) is 12.8 Å². The van der Waals surface area contributed by atoms with Crippen molar-refractivity contribution in [3.05, 3.63) is 16.1 Å². The summed E-state index contributed by atoms with van der Waals surface area (Å²) in [5.74, 6) is 1.07. The molecule has 1 unspecified atom stereocenters. The van der Waals surface area contributed by atoms with Crippen LogP contribution in [0.4, 0.5) is 0 Å². The van der Waals surface area contributed by atoms with Crippen LogP contribution in [0.1, 0.15) is 43.2 Å². The number of nitrogens with zero attached hydrogens (tertiary/aromatic N) is 4. The molecule has 1 aromatic heterocycles. The number of rotatable bonds is 5. The molecule has 0 bridgehead atoms. The van der Waals surface area contributed by atoms with Crippen molar-refractivity contribution in [3.8, 4) is 0 Å². The number of halogens is 1. The van der Waals surface area contributed by atoms with E-state index in [-0.39, 0.29) is 0 Å². The van der Waals surface area contributed by atoms with Gasteiger partial charge >= 0.3 is 0 Å². The maximum absolute atomic E-state index is 4.60. The van der Waals surface area contributed by atoms with Crippen molar-refractivity contribution < 1.29 is 0 Å². The molecular weight excluding hydrogens is 354 g/mol. The highest BCUT2D eigenvalue weighted by molar-refractivity contribution is 9.10. The Morgan fingerprint density at radius 2 is 1.87 bits per heavy atom. The Kier molecular flexibility index (Phi) is 5.78. The van der Waals surface area contributed by atoms with Crippen molar-refractivity contribution in [2.75, 3.05) is 39.8 Å². The van der Waals surface area contributed by atoms with Crippen LogP contribution in [0.25, 0.3) is 0 Å². The molecule has 1 N–H and O–H groups in total. The lowest BCUT2D eigenvalue weighted by Crippen LogP contribution is -2.52. The zero-order valence-electron chi connectivity index (χ0n) is 14.7. The Morgan fingerprint density at radius 3 is 2.39 bits per heavy atom. The molecule has 1 aromatic rings. The predicted molar refractivity (Wildman–Crippen MR) is 97.7 cm³/mol. The van der Waals surface area contributed by atoms with Crippen LogP contribution in [-0.2, 0) is 7.05 Å². The summed E-state index contributed by atoms with van der Waals surface area (Å²) >= 11 is 3.67. The van der Waals surface area contributed by atoms with E-state index in [2.05, 4.69) is 54.6 Å². The number of hydrogen-bond donors (Lipinski definition) is 1. The first-order valence-corrected chi connectivity index (χ1v) is 9.72. The van der Waals surface area contributed by atoms with Crippen LogP contribution in [0.5, 0.6) is 0 Å². The number of imidazole rings is 1. The first kappa shape index (κ1) is 17.4. The number of hydrogen-bond acceptors (Lipinski definition) is 4. The fourth-order valence-corrected chi connectivity index (χ4v) is 5.01. The van der Waals surface area contributed by atoms with E-state index in [9.17, 15) is 0 Å². The second-order valence-corrected chi connectivity index (χ2v) is 7.73. The molecule has 2 aliphatic rings. The molecular formula is C17H30BrN5. The molecule has 23 heavy (non-hydrogen) atoms. The Morgan fingerprint density at radius 1 is 1.22 bits per heavy atom. The second kappa shape index (κ2) is 7.64. The van der Waals surface area contributed by atoms with Gasteiger partial charge in [-0.05, 0) is 42.7 Å². The van der Waals surface area contributed by atoms with Gasteiger partial charge in [0.05, 0.1) is 11.7 Å². The highest BCUT2D eigenvalue weighted by Gasteiger charge is 2.31. The van der Waals surface area contributed by atoms with E-state index in [1.165, 1.54) is 44.5 Å². The smallest absolute Gasteiger partial charge is 0.129 e. The van der Waals surface area contributed by atoms with Crippen LogP contribution in [-0.4, -0.2) is 65.2 Å². The van der Waals surface area contributed by atoms with Gasteiger partial charge in [-0.3, -0.25) is 9.80 Å². The van der Waals surface area contributed by atoms with E-state index in [4.69, 9.17) is 0 Å². The summed E-state index contributed by atoms with van der Waals surface area (Å²) in [6, 6.07) is 1.23. The minimum Gasteiger partial charge on any atom is -0.333 e. The molecule has 0 radical (unpaired) electrons. The Hall–Kier alpha value is -0.430. The topological polar surface area (TPSA) is 36.3 Å². The lowest BCUT2D eigenvalue weighted by molar-refractivity contribution is 0.0679. The standard InChI is InChI=1S/C17H30BrN5/c1-13-20-17(18)16(21(13)3)15(12-19-2)23-10-8-22(9-11-23)14-6-4-5-7-14/h14-15,19H,4-12H2,1-3H3. The largest absolute Gasteiger partial charge is 0.333 e. The molecule has 2 fully saturated rings. The minimum absolute atomic E-state index is 0.381. The zero-order valence-corrected chi connectivity index (χ0v) is 16.3. The van der Waals surface area contributed by atoms with Crippen molar-refractivity contribution in [2.24, 2.45) is 7.05 Å². The van der Waals surface area contributed by atoms with Gasteiger partial charge in [0.2, 0.25) is 0 Å². The lowest BCUT2D eigenvalue weighted by Gasteiger charge is -2.41. The number of aromatic nitrogens is 2. The molecule has 2 heterocycles. The maximum atomic E-state index is 4.60. The van der Waals surface area contributed by atoms with E-state index < -0.39 is 0 Å². The summed E-state index contributed by atoms with van der Waals surface area (Å²) in [4.78, 5) is 9.96. The van der Waals surface area contributed by atoms with Gasteiger partial charge in [0.1, 0.15) is 10.4 Å². The lowest BCUT2D eigenvalue weighted by atomic mass is 10.1. The monoisotopic (exact) mass is 383 g/mol. The van der Waals surface area contributed by atoms with Crippen LogP contribution in [0, 0.1) is 6.92 Å². The number of aryl methyl sites for hydroxylation is 1. The van der Waals surface area contributed by atoms with E-state index in [0.29, 0.717) is 6.04 Å². The maximum Gasteiger partial charge on any atom is 0.129 e. The highest BCUT2D eigenvalue weighted by Crippen LogP contribution is 2.30. The predicted octanol–water partition coefficient (Wildman–Crippen LogP) is 2.31. The average molecular weight is 384 g/mol. The molecule has 0 spiro atoms. The minimum atomic E-state index is 0.381.